The highest BCUT2D eigenvalue weighted by atomic mass is 16.5. The van der Waals surface area contributed by atoms with Crippen LogP contribution in [0.25, 0.3) is 0 Å². The van der Waals surface area contributed by atoms with Gasteiger partial charge in [-0.1, -0.05) is 0 Å². The van der Waals surface area contributed by atoms with Crippen LogP contribution in [-0.2, 0) is 9.47 Å². The molecule has 0 radical (unpaired) electrons. The van der Waals surface area contributed by atoms with E-state index >= 15 is 0 Å². The predicted octanol–water partition coefficient (Wildman–Crippen LogP) is 1.43. The number of unbranched alkanes of at least 4 members (excludes halogenated alkanes) is 1. The van der Waals surface area contributed by atoms with Crippen LogP contribution in [0.5, 0.6) is 0 Å². The SMILES string of the molecule is COCCNCCCCOCC1CC1. The molecule has 1 rings (SSSR count). The van der Waals surface area contributed by atoms with E-state index in [1.165, 1.54) is 25.7 Å². The first-order valence-electron chi connectivity index (χ1n) is 5.71. The molecule has 1 fully saturated rings. The molecule has 3 nitrogen and oxygen atoms in total. The van der Waals surface area contributed by atoms with Crippen molar-refractivity contribution in [2.75, 3.05) is 40.0 Å². The van der Waals surface area contributed by atoms with Gasteiger partial charge < -0.3 is 14.8 Å². The molecule has 0 aromatic heterocycles. The second-order valence-electron chi connectivity index (χ2n) is 3.97. The molecule has 0 amide bonds. The number of nitrogens with one attached hydrogen (secondary N) is 1. The van der Waals surface area contributed by atoms with Crippen LogP contribution in [0.2, 0.25) is 0 Å². The van der Waals surface area contributed by atoms with Gasteiger partial charge in [0, 0.05) is 26.9 Å². The summed E-state index contributed by atoms with van der Waals surface area (Å²) in [6.07, 6.45) is 5.15. The highest BCUT2D eigenvalue weighted by molar-refractivity contribution is 4.71. The zero-order valence-corrected chi connectivity index (χ0v) is 9.26. The van der Waals surface area contributed by atoms with Gasteiger partial charge in [-0.15, -0.1) is 0 Å². The van der Waals surface area contributed by atoms with Gasteiger partial charge in [0.2, 0.25) is 0 Å². The van der Waals surface area contributed by atoms with Crippen LogP contribution in [0.15, 0.2) is 0 Å². The van der Waals surface area contributed by atoms with E-state index in [1.807, 2.05) is 0 Å². The third kappa shape index (κ3) is 7.30. The normalized spacial score (nSPS) is 16.1. The number of hydrogen-bond acceptors (Lipinski definition) is 3. The summed E-state index contributed by atoms with van der Waals surface area (Å²) < 4.78 is 10.5. The Morgan fingerprint density at radius 3 is 2.71 bits per heavy atom. The molecule has 1 aliphatic rings. The molecule has 1 N–H and O–H groups in total. The van der Waals surface area contributed by atoms with E-state index in [0.29, 0.717) is 0 Å². The van der Waals surface area contributed by atoms with Gasteiger partial charge in [-0.05, 0) is 38.1 Å². The Morgan fingerprint density at radius 1 is 1.14 bits per heavy atom. The summed E-state index contributed by atoms with van der Waals surface area (Å²) in [7, 11) is 1.73. The van der Waals surface area contributed by atoms with E-state index in [1.54, 1.807) is 7.11 Å². The van der Waals surface area contributed by atoms with E-state index in [4.69, 9.17) is 9.47 Å². The first-order valence-corrected chi connectivity index (χ1v) is 5.71. The van der Waals surface area contributed by atoms with Gasteiger partial charge in [0.25, 0.3) is 0 Å². The Labute approximate surface area is 87.2 Å². The molecule has 3 heteroatoms. The Bertz CT molecular complexity index is 126. The summed E-state index contributed by atoms with van der Waals surface area (Å²) >= 11 is 0. The zero-order valence-electron chi connectivity index (χ0n) is 9.26. The quantitative estimate of drug-likeness (QED) is 0.542. The molecular weight excluding hydrogens is 178 g/mol. The van der Waals surface area contributed by atoms with Gasteiger partial charge in [0.05, 0.1) is 6.61 Å². The standard InChI is InChI=1S/C11H23NO2/c1-13-9-7-12-6-2-3-8-14-10-11-4-5-11/h11-12H,2-10H2,1H3. The molecule has 0 unspecified atom stereocenters. The Hall–Kier alpha value is -0.120. The van der Waals surface area contributed by atoms with Crippen molar-refractivity contribution in [1.82, 2.24) is 5.32 Å². The number of ether oxygens (including phenoxy) is 2. The molecule has 1 aliphatic carbocycles. The molecule has 0 aromatic carbocycles. The minimum atomic E-state index is 0.804. The molecule has 0 bridgehead atoms. The summed E-state index contributed by atoms with van der Waals surface area (Å²) in [4.78, 5) is 0. The van der Waals surface area contributed by atoms with Crippen molar-refractivity contribution in [1.29, 1.82) is 0 Å². The summed E-state index contributed by atoms with van der Waals surface area (Å²) in [5, 5.41) is 3.32. The molecular formula is C11H23NO2. The van der Waals surface area contributed by atoms with Crippen molar-refractivity contribution in [2.45, 2.75) is 25.7 Å². The van der Waals surface area contributed by atoms with Crippen LogP contribution in [0, 0.1) is 5.92 Å². The van der Waals surface area contributed by atoms with Crippen LogP contribution in [-0.4, -0.2) is 40.0 Å². The fourth-order valence-corrected chi connectivity index (χ4v) is 1.29. The maximum atomic E-state index is 5.53. The fourth-order valence-electron chi connectivity index (χ4n) is 1.29. The Kier molecular flexibility index (Phi) is 7.01. The van der Waals surface area contributed by atoms with Gasteiger partial charge in [-0.25, -0.2) is 0 Å². The lowest BCUT2D eigenvalue weighted by atomic mass is 10.3. The molecule has 84 valence electrons. The fraction of sp³-hybridized carbons (Fsp3) is 1.00. The van der Waals surface area contributed by atoms with Crippen molar-refractivity contribution in [3.63, 3.8) is 0 Å². The second kappa shape index (κ2) is 8.21. The highest BCUT2D eigenvalue weighted by Crippen LogP contribution is 2.28. The van der Waals surface area contributed by atoms with Crippen LogP contribution in [0.1, 0.15) is 25.7 Å². The van der Waals surface area contributed by atoms with Gasteiger partial charge in [-0.3, -0.25) is 0 Å². The van der Waals surface area contributed by atoms with Gasteiger partial charge in [0.15, 0.2) is 0 Å². The largest absolute Gasteiger partial charge is 0.383 e. The van der Waals surface area contributed by atoms with Gasteiger partial charge in [0.1, 0.15) is 0 Å². The molecule has 0 spiro atoms. The lowest BCUT2D eigenvalue weighted by Gasteiger charge is -2.04. The monoisotopic (exact) mass is 201 g/mol. The smallest absolute Gasteiger partial charge is 0.0587 e. The van der Waals surface area contributed by atoms with Crippen molar-refractivity contribution in [2.24, 2.45) is 5.92 Å². The third-order valence-electron chi connectivity index (χ3n) is 2.43. The third-order valence-corrected chi connectivity index (χ3v) is 2.43. The van der Waals surface area contributed by atoms with Crippen LogP contribution in [0.3, 0.4) is 0 Å². The first kappa shape index (κ1) is 12.0. The molecule has 1 saturated carbocycles. The van der Waals surface area contributed by atoms with Crippen molar-refractivity contribution in [3.05, 3.63) is 0 Å². The molecule has 0 heterocycles. The average Bonchev–Trinajstić information content (AvgIpc) is 2.99. The second-order valence-corrected chi connectivity index (χ2v) is 3.97. The first-order chi connectivity index (χ1) is 6.93. The van der Waals surface area contributed by atoms with E-state index in [-0.39, 0.29) is 0 Å². The van der Waals surface area contributed by atoms with Crippen molar-refractivity contribution < 1.29 is 9.47 Å². The maximum absolute atomic E-state index is 5.53. The number of methoxy groups -OCH3 is 1. The van der Waals surface area contributed by atoms with E-state index in [0.717, 1.165) is 38.8 Å². The van der Waals surface area contributed by atoms with Gasteiger partial charge in [-0.2, -0.15) is 0 Å². The summed E-state index contributed by atoms with van der Waals surface area (Å²) in [5.41, 5.74) is 0. The highest BCUT2D eigenvalue weighted by Gasteiger charge is 2.20. The molecule has 14 heavy (non-hydrogen) atoms. The lowest BCUT2D eigenvalue weighted by Crippen LogP contribution is -2.20. The van der Waals surface area contributed by atoms with E-state index in [9.17, 15) is 0 Å². The van der Waals surface area contributed by atoms with E-state index < -0.39 is 0 Å². The number of hydrogen-bond donors (Lipinski definition) is 1. The zero-order chi connectivity index (χ0) is 10.1. The van der Waals surface area contributed by atoms with Crippen molar-refractivity contribution >= 4 is 0 Å². The molecule has 0 atom stereocenters. The average molecular weight is 201 g/mol. The van der Waals surface area contributed by atoms with Crippen LogP contribution < -0.4 is 5.32 Å². The van der Waals surface area contributed by atoms with E-state index in [2.05, 4.69) is 5.32 Å². The predicted molar refractivity (Wildman–Crippen MR) is 57.5 cm³/mol. The van der Waals surface area contributed by atoms with Crippen LogP contribution in [0.4, 0.5) is 0 Å². The van der Waals surface area contributed by atoms with Crippen molar-refractivity contribution in [3.8, 4) is 0 Å². The summed E-state index contributed by atoms with van der Waals surface area (Å²) in [6.45, 7) is 4.77. The number of rotatable bonds is 10. The Morgan fingerprint density at radius 2 is 2.00 bits per heavy atom. The van der Waals surface area contributed by atoms with Gasteiger partial charge >= 0.3 is 0 Å². The lowest BCUT2D eigenvalue weighted by molar-refractivity contribution is 0.120. The van der Waals surface area contributed by atoms with Crippen LogP contribution >= 0.6 is 0 Å². The maximum Gasteiger partial charge on any atom is 0.0587 e. The summed E-state index contributed by atoms with van der Waals surface area (Å²) in [5.74, 6) is 0.898. The topological polar surface area (TPSA) is 30.5 Å². The minimum Gasteiger partial charge on any atom is -0.383 e. The Balaban J connectivity index is 1.63. The molecule has 0 saturated heterocycles. The molecule has 0 aliphatic heterocycles. The minimum absolute atomic E-state index is 0.804. The molecule has 0 aromatic rings. The summed E-state index contributed by atoms with van der Waals surface area (Å²) in [6, 6.07) is 0.